The minimum absolute atomic E-state index is 0.0400. The lowest BCUT2D eigenvalue weighted by Gasteiger charge is -2.28. The maximum absolute atomic E-state index is 12.6. The van der Waals surface area contributed by atoms with E-state index in [1.54, 1.807) is 36.4 Å². The van der Waals surface area contributed by atoms with Crippen molar-refractivity contribution < 1.29 is 23.8 Å². The first kappa shape index (κ1) is 28.3. The first-order valence-corrected chi connectivity index (χ1v) is 13.3. The molecule has 1 saturated carbocycles. The average Bonchev–Trinajstić information content (AvgIpc) is 2.89. The fourth-order valence-electron chi connectivity index (χ4n) is 4.37. The van der Waals surface area contributed by atoms with Gasteiger partial charge in [-0.2, -0.15) is 0 Å². The molecular formula is C30H40N2O5. The van der Waals surface area contributed by atoms with Gasteiger partial charge >= 0.3 is 11.9 Å². The largest absolute Gasteiger partial charge is 0.462 e. The molecule has 0 saturated heterocycles. The predicted octanol–water partition coefficient (Wildman–Crippen LogP) is 5.89. The molecule has 0 heterocycles. The van der Waals surface area contributed by atoms with Crippen molar-refractivity contribution in [1.82, 2.24) is 0 Å². The summed E-state index contributed by atoms with van der Waals surface area (Å²) >= 11 is 0. The van der Waals surface area contributed by atoms with Crippen LogP contribution in [0.5, 0.6) is 0 Å². The Hall–Kier alpha value is -3.32. The number of nitrogen functional groups attached to an aromatic ring is 2. The molecule has 0 amide bonds. The molecule has 4 N–H and O–H groups in total. The molecule has 37 heavy (non-hydrogen) atoms. The van der Waals surface area contributed by atoms with Gasteiger partial charge in [-0.1, -0.05) is 38.8 Å². The van der Waals surface area contributed by atoms with Crippen LogP contribution in [0.2, 0.25) is 0 Å². The third kappa shape index (κ3) is 9.57. The van der Waals surface area contributed by atoms with Crippen LogP contribution in [0, 0.1) is 0 Å². The molecule has 2 aromatic rings. The topological polar surface area (TPSA) is 114 Å². The quantitative estimate of drug-likeness (QED) is 0.159. The summed E-state index contributed by atoms with van der Waals surface area (Å²) < 4.78 is 17.0. The number of esters is 2. The molecule has 2 aromatic carbocycles. The summed E-state index contributed by atoms with van der Waals surface area (Å²) in [7, 11) is 0. The van der Waals surface area contributed by atoms with Crippen molar-refractivity contribution in [2.45, 2.75) is 76.9 Å². The maximum atomic E-state index is 12.6. The highest BCUT2D eigenvalue weighted by Crippen LogP contribution is 2.25. The second-order valence-corrected chi connectivity index (χ2v) is 9.80. The van der Waals surface area contributed by atoms with E-state index in [-0.39, 0.29) is 30.7 Å². The van der Waals surface area contributed by atoms with Gasteiger partial charge in [0.15, 0.2) is 0 Å². The van der Waals surface area contributed by atoms with Crippen LogP contribution in [0.25, 0.3) is 6.08 Å². The Morgan fingerprint density at radius 1 is 0.973 bits per heavy atom. The highest BCUT2D eigenvalue weighted by Gasteiger charge is 2.24. The number of carbonyl (C=O) groups is 2. The van der Waals surface area contributed by atoms with Crippen molar-refractivity contribution in [2.24, 2.45) is 0 Å². The van der Waals surface area contributed by atoms with Crippen LogP contribution in [0.15, 0.2) is 48.5 Å². The number of benzene rings is 2. The van der Waals surface area contributed by atoms with Crippen molar-refractivity contribution in [2.75, 3.05) is 24.7 Å². The van der Waals surface area contributed by atoms with Crippen LogP contribution in [-0.4, -0.2) is 37.4 Å². The summed E-state index contributed by atoms with van der Waals surface area (Å²) in [4.78, 5) is 24.7. The molecule has 0 aromatic heterocycles. The van der Waals surface area contributed by atoms with E-state index in [1.807, 2.05) is 19.1 Å². The van der Waals surface area contributed by atoms with Gasteiger partial charge in [-0.25, -0.2) is 9.59 Å². The zero-order chi connectivity index (χ0) is 26.6. The van der Waals surface area contributed by atoms with Crippen molar-refractivity contribution in [1.29, 1.82) is 0 Å². The van der Waals surface area contributed by atoms with Crippen LogP contribution in [0.4, 0.5) is 11.4 Å². The second kappa shape index (κ2) is 14.4. The molecule has 200 valence electrons. The van der Waals surface area contributed by atoms with Crippen molar-refractivity contribution in [3.63, 3.8) is 0 Å². The van der Waals surface area contributed by atoms with Crippen molar-refractivity contribution in [3.05, 3.63) is 65.2 Å². The number of carbonyl (C=O) groups excluding carboxylic acids is 2. The Morgan fingerprint density at radius 2 is 1.62 bits per heavy atom. The van der Waals surface area contributed by atoms with Gasteiger partial charge in [0.25, 0.3) is 0 Å². The number of unbranched alkanes of at least 4 members (excludes halogenated alkanes) is 2. The third-order valence-electron chi connectivity index (χ3n) is 6.60. The molecule has 1 unspecified atom stereocenters. The Morgan fingerprint density at radius 3 is 2.27 bits per heavy atom. The minimum atomic E-state index is -0.447. The van der Waals surface area contributed by atoms with Crippen molar-refractivity contribution in [3.8, 4) is 0 Å². The van der Waals surface area contributed by atoms with Gasteiger partial charge in [0.05, 0.1) is 18.3 Å². The van der Waals surface area contributed by atoms with Gasteiger partial charge < -0.3 is 25.7 Å². The van der Waals surface area contributed by atoms with Gasteiger partial charge in [0, 0.05) is 30.0 Å². The fourth-order valence-corrected chi connectivity index (χ4v) is 4.37. The summed E-state index contributed by atoms with van der Waals surface area (Å²) in [5.41, 5.74) is 15.0. The molecule has 1 fully saturated rings. The lowest BCUT2D eigenvalue weighted by Crippen LogP contribution is -2.28. The van der Waals surface area contributed by atoms with E-state index in [4.69, 9.17) is 25.7 Å². The molecule has 1 aliphatic carbocycles. The second-order valence-electron chi connectivity index (χ2n) is 9.80. The van der Waals surface area contributed by atoms with Crippen LogP contribution >= 0.6 is 0 Å². The van der Waals surface area contributed by atoms with Crippen LogP contribution < -0.4 is 11.5 Å². The van der Waals surface area contributed by atoms with Crippen LogP contribution in [-0.2, 0) is 19.0 Å². The Kier molecular flexibility index (Phi) is 11.0. The monoisotopic (exact) mass is 508 g/mol. The zero-order valence-electron chi connectivity index (χ0n) is 22.0. The van der Waals surface area contributed by atoms with E-state index in [2.05, 4.69) is 6.92 Å². The van der Waals surface area contributed by atoms with E-state index in [1.165, 1.54) is 18.9 Å². The summed E-state index contributed by atoms with van der Waals surface area (Å²) in [6.45, 7) is 5.16. The Bertz CT molecular complexity index is 1020. The molecule has 0 radical (unpaired) electrons. The van der Waals surface area contributed by atoms with Crippen LogP contribution in [0.3, 0.4) is 0 Å². The summed E-state index contributed by atoms with van der Waals surface area (Å²) in [6.07, 6.45) is 10.3. The molecule has 3 rings (SSSR count). The summed E-state index contributed by atoms with van der Waals surface area (Å²) in [6, 6.07) is 12.3. The van der Waals surface area contributed by atoms with Gasteiger partial charge in [0.1, 0.15) is 6.10 Å². The SMILES string of the molecule is CCCCCOC1CCC(OC(=O)c2ccc(/C=C/C(=O)OCC(C)c3cc(N)cc(N)c3)cc2)CC1. The lowest BCUT2D eigenvalue weighted by atomic mass is 9.95. The maximum Gasteiger partial charge on any atom is 0.338 e. The Labute approximate surface area is 220 Å². The molecule has 1 atom stereocenters. The smallest absolute Gasteiger partial charge is 0.338 e. The molecule has 7 nitrogen and oxygen atoms in total. The van der Waals surface area contributed by atoms with E-state index in [9.17, 15) is 9.59 Å². The number of nitrogens with two attached hydrogens (primary N) is 2. The van der Waals surface area contributed by atoms with Gasteiger partial charge in [-0.3, -0.25) is 0 Å². The van der Waals surface area contributed by atoms with Gasteiger partial charge in [0.2, 0.25) is 0 Å². The number of hydrogen-bond donors (Lipinski definition) is 2. The normalized spacial score (nSPS) is 18.4. The number of rotatable bonds is 12. The molecule has 1 aliphatic rings. The lowest BCUT2D eigenvalue weighted by molar-refractivity contribution is -0.138. The van der Waals surface area contributed by atoms with Gasteiger partial charge in [-0.15, -0.1) is 0 Å². The molecular weight excluding hydrogens is 468 g/mol. The highest BCUT2D eigenvalue weighted by molar-refractivity contribution is 5.90. The molecule has 0 bridgehead atoms. The average molecular weight is 509 g/mol. The van der Waals surface area contributed by atoms with E-state index in [0.717, 1.165) is 49.8 Å². The third-order valence-corrected chi connectivity index (χ3v) is 6.60. The highest BCUT2D eigenvalue weighted by atomic mass is 16.5. The fraction of sp³-hybridized carbons (Fsp3) is 0.467. The molecule has 7 heteroatoms. The van der Waals surface area contributed by atoms with Crippen molar-refractivity contribution >= 4 is 29.4 Å². The first-order valence-electron chi connectivity index (χ1n) is 13.3. The Balaban J connectivity index is 1.39. The number of anilines is 2. The number of hydrogen-bond acceptors (Lipinski definition) is 7. The van der Waals surface area contributed by atoms with Gasteiger partial charge in [-0.05, 0) is 79.6 Å². The van der Waals surface area contributed by atoms with E-state index >= 15 is 0 Å². The summed E-state index contributed by atoms with van der Waals surface area (Å²) in [5, 5.41) is 0. The minimum Gasteiger partial charge on any atom is -0.462 e. The van der Waals surface area contributed by atoms with Crippen LogP contribution in [0.1, 0.15) is 86.2 Å². The van der Waals surface area contributed by atoms with E-state index < -0.39 is 5.97 Å². The zero-order valence-corrected chi connectivity index (χ0v) is 22.0. The predicted molar refractivity (Wildman–Crippen MR) is 147 cm³/mol. The standard InChI is InChI=1S/C30H40N2O5/c1-3-4-5-16-35-27-11-13-28(14-12-27)37-30(34)23-9-6-22(7-10-23)8-15-29(33)36-20-21(2)24-17-25(31)19-26(32)18-24/h6-10,15,17-19,21,27-28H,3-5,11-14,16,20,31-32H2,1-2H3/b15-8+. The summed E-state index contributed by atoms with van der Waals surface area (Å²) in [5.74, 6) is -0.808. The molecule has 0 aliphatic heterocycles. The first-order chi connectivity index (χ1) is 17.8. The van der Waals surface area contributed by atoms with E-state index in [0.29, 0.717) is 16.9 Å². The number of ether oxygens (including phenoxy) is 3. The molecule has 0 spiro atoms.